The normalized spacial score (nSPS) is 11.3. The number of amides is 1. The summed E-state index contributed by atoms with van der Waals surface area (Å²) < 4.78 is 10.4. The maximum absolute atomic E-state index is 11.6. The van der Waals surface area contributed by atoms with E-state index in [9.17, 15) is 9.59 Å². The fourth-order valence-electron chi connectivity index (χ4n) is 2.21. The number of hydrogen-bond donors (Lipinski definition) is 3. The number of carbonyl (C=O) groups excluding carboxylic acids is 1. The number of nitrogens with one attached hydrogen (secondary N) is 2. The molecule has 0 saturated carbocycles. The van der Waals surface area contributed by atoms with Gasteiger partial charge in [-0.25, -0.2) is 9.59 Å². The number of carbonyl (C=O) groups is 2. The quantitative estimate of drug-likeness (QED) is 0.754. The molecule has 24 heavy (non-hydrogen) atoms. The van der Waals surface area contributed by atoms with Gasteiger partial charge in [0.2, 0.25) is 0 Å². The van der Waals surface area contributed by atoms with Crippen LogP contribution in [0.15, 0.2) is 24.4 Å². The van der Waals surface area contributed by atoms with Crippen molar-refractivity contribution in [3.05, 3.63) is 30.0 Å². The Labute approximate surface area is 140 Å². The molecule has 1 aromatic carbocycles. The highest BCUT2D eigenvalue weighted by Gasteiger charge is 2.15. The molecule has 1 amide bonds. The zero-order valence-electron chi connectivity index (χ0n) is 14.0. The van der Waals surface area contributed by atoms with Crippen LogP contribution in [0.1, 0.15) is 26.3 Å². The van der Waals surface area contributed by atoms with Crippen molar-refractivity contribution in [1.29, 1.82) is 0 Å². The fraction of sp³-hybridized carbons (Fsp3) is 0.412. The van der Waals surface area contributed by atoms with E-state index in [-0.39, 0.29) is 6.61 Å². The first-order valence-electron chi connectivity index (χ1n) is 7.66. The van der Waals surface area contributed by atoms with E-state index in [2.05, 4.69) is 10.3 Å². The molecule has 0 bridgehead atoms. The van der Waals surface area contributed by atoms with Crippen LogP contribution < -0.4 is 10.1 Å². The van der Waals surface area contributed by atoms with Gasteiger partial charge in [0.25, 0.3) is 0 Å². The van der Waals surface area contributed by atoms with E-state index in [1.807, 2.05) is 33.0 Å². The monoisotopic (exact) mass is 334 g/mol. The highest BCUT2D eigenvalue weighted by Crippen LogP contribution is 2.24. The van der Waals surface area contributed by atoms with Crippen LogP contribution in [-0.2, 0) is 16.0 Å². The molecule has 1 aromatic heterocycles. The summed E-state index contributed by atoms with van der Waals surface area (Å²) in [5.74, 6) is -0.531. The standard InChI is InChI=1S/C17H22N2O5/c1-17(2,3)24-16(22)18-7-6-11-9-19-14-5-4-12(8-13(11)14)23-10-15(20)21/h4-5,8-9,19H,6-7,10H2,1-3H3,(H,18,22)(H,20,21). The summed E-state index contributed by atoms with van der Waals surface area (Å²) in [5.41, 5.74) is 1.40. The summed E-state index contributed by atoms with van der Waals surface area (Å²) in [5, 5.41) is 12.3. The Morgan fingerprint density at radius 2 is 2.04 bits per heavy atom. The minimum atomic E-state index is -1.02. The van der Waals surface area contributed by atoms with Gasteiger partial charge in [0.1, 0.15) is 11.4 Å². The van der Waals surface area contributed by atoms with Crippen LogP contribution in [0.2, 0.25) is 0 Å². The molecule has 0 aliphatic rings. The molecule has 3 N–H and O–H groups in total. The van der Waals surface area contributed by atoms with Crippen LogP contribution >= 0.6 is 0 Å². The van der Waals surface area contributed by atoms with E-state index in [4.69, 9.17) is 14.6 Å². The average molecular weight is 334 g/mol. The second kappa shape index (κ2) is 7.25. The summed E-state index contributed by atoms with van der Waals surface area (Å²) in [4.78, 5) is 25.4. The van der Waals surface area contributed by atoms with E-state index >= 15 is 0 Å². The molecule has 0 fully saturated rings. The van der Waals surface area contributed by atoms with Crippen LogP contribution in [0, 0.1) is 0 Å². The number of carboxylic acid groups (broad SMARTS) is 1. The summed E-state index contributed by atoms with van der Waals surface area (Å²) in [6, 6.07) is 5.33. The predicted molar refractivity (Wildman–Crippen MR) is 89.4 cm³/mol. The molecule has 0 aliphatic carbocycles. The Morgan fingerprint density at radius 1 is 1.29 bits per heavy atom. The number of benzene rings is 1. The van der Waals surface area contributed by atoms with Crippen LogP contribution in [-0.4, -0.2) is 40.9 Å². The lowest BCUT2D eigenvalue weighted by Crippen LogP contribution is -2.33. The molecule has 7 heteroatoms. The zero-order valence-corrected chi connectivity index (χ0v) is 14.0. The molecule has 0 spiro atoms. The number of ether oxygens (including phenoxy) is 2. The Hall–Kier alpha value is -2.70. The second-order valence-electron chi connectivity index (χ2n) is 6.38. The number of H-pyrrole nitrogens is 1. The lowest BCUT2D eigenvalue weighted by molar-refractivity contribution is -0.139. The molecule has 1 heterocycles. The van der Waals surface area contributed by atoms with E-state index in [0.717, 1.165) is 16.5 Å². The number of hydrogen-bond acceptors (Lipinski definition) is 4. The number of alkyl carbamates (subject to hydrolysis) is 1. The summed E-state index contributed by atoms with van der Waals surface area (Å²) in [6.45, 7) is 5.48. The maximum atomic E-state index is 11.6. The highest BCUT2D eigenvalue weighted by atomic mass is 16.6. The van der Waals surface area contributed by atoms with Gasteiger partial charge in [-0.05, 0) is 51.0 Å². The molecule has 2 aromatic rings. The van der Waals surface area contributed by atoms with Gasteiger partial charge >= 0.3 is 12.1 Å². The highest BCUT2D eigenvalue weighted by molar-refractivity contribution is 5.84. The third-order valence-electron chi connectivity index (χ3n) is 3.16. The Balaban J connectivity index is 1.97. The summed E-state index contributed by atoms with van der Waals surface area (Å²) in [6.07, 6.45) is 2.03. The van der Waals surface area contributed by atoms with Crippen molar-refractivity contribution >= 4 is 23.0 Å². The van der Waals surface area contributed by atoms with Crippen molar-refractivity contribution in [2.24, 2.45) is 0 Å². The third kappa shape index (κ3) is 5.19. The molecule has 0 unspecified atom stereocenters. The molecule has 0 aliphatic heterocycles. The van der Waals surface area contributed by atoms with Crippen molar-refractivity contribution in [3.63, 3.8) is 0 Å². The molecule has 130 valence electrons. The van der Waals surface area contributed by atoms with E-state index in [1.165, 1.54) is 0 Å². The van der Waals surface area contributed by atoms with Gasteiger partial charge in [-0.1, -0.05) is 0 Å². The summed E-state index contributed by atoms with van der Waals surface area (Å²) >= 11 is 0. The number of fused-ring (bicyclic) bond motifs is 1. The predicted octanol–water partition coefficient (Wildman–Crippen LogP) is 2.70. The Bertz CT molecular complexity index is 730. The van der Waals surface area contributed by atoms with Crippen LogP contribution in [0.3, 0.4) is 0 Å². The first kappa shape index (κ1) is 17.7. The van der Waals surface area contributed by atoms with Gasteiger partial charge in [0.05, 0.1) is 0 Å². The van der Waals surface area contributed by atoms with Crippen molar-refractivity contribution in [2.75, 3.05) is 13.2 Å². The maximum Gasteiger partial charge on any atom is 0.407 e. The fourth-order valence-corrected chi connectivity index (χ4v) is 2.21. The minimum Gasteiger partial charge on any atom is -0.482 e. The number of aliphatic carboxylic acids is 1. The molecule has 7 nitrogen and oxygen atoms in total. The second-order valence-corrected chi connectivity index (χ2v) is 6.38. The van der Waals surface area contributed by atoms with E-state index in [0.29, 0.717) is 18.7 Å². The number of rotatable bonds is 6. The van der Waals surface area contributed by atoms with Gasteiger partial charge in [-0.15, -0.1) is 0 Å². The van der Waals surface area contributed by atoms with Crippen molar-refractivity contribution in [3.8, 4) is 5.75 Å². The summed E-state index contributed by atoms with van der Waals surface area (Å²) in [7, 11) is 0. The largest absolute Gasteiger partial charge is 0.482 e. The number of carboxylic acids is 1. The van der Waals surface area contributed by atoms with Gasteiger partial charge < -0.3 is 24.9 Å². The zero-order chi connectivity index (χ0) is 17.7. The van der Waals surface area contributed by atoms with Crippen molar-refractivity contribution in [2.45, 2.75) is 32.8 Å². The van der Waals surface area contributed by atoms with E-state index < -0.39 is 17.7 Å². The first-order valence-corrected chi connectivity index (χ1v) is 7.66. The minimum absolute atomic E-state index is 0.383. The van der Waals surface area contributed by atoms with E-state index in [1.54, 1.807) is 12.1 Å². The molecular weight excluding hydrogens is 312 g/mol. The molecule has 0 atom stereocenters. The molecule has 0 radical (unpaired) electrons. The van der Waals surface area contributed by atoms with Gasteiger partial charge in [0.15, 0.2) is 6.61 Å². The van der Waals surface area contributed by atoms with Crippen LogP contribution in [0.25, 0.3) is 10.9 Å². The molecular formula is C17H22N2O5. The smallest absolute Gasteiger partial charge is 0.407 e. The Kier molecular flexibility index (Phi) is 5.33. The Morgan fingerprint density at radius 3 is 2.71 bits per heavy atom. The lowest BCUT2D eigenvalue weighted by atomic mass is 10.1. The lowest BCUT2D eigenvalue weighted by Gasteiger charge is -2.19. The number of aromatic amines is 1. The topological polar surface area (TPSA) is 101 Å². The first-order chi connectivity index (χ1) is 11.2. The SMILES string of the molecule is CC(C)(C)OC(=O)NCCc1c[nH]c2ccc(OCC(=O)O)cc12. The van der Waals surface area contributed by atoms with Crippen LogP contribution in [0.5, 0.6) is 5.75 Å². The molecule has 0 saturated heterocycles. The average Bonchev–Trinajstić information content (AvgIpc) is 2.86. The number of aromatic nitrogens is 1. The van der Waals surface area contributed by atoms with Crippen molar-refractivity contribution < 1.29 is 24.2 Å². The van der Waals surface area contributed by atoms with Gasteiger partial charge in [0, 0.05) is 23.6 Å². The van der Waals surface area contributed by atoms with Gasteiger partial charge in [-0.3, -0.25) is 0 Å². The molecule has 2 rings (SSSR count). The van der Waals surface area contributed by atoms with Crippen molar-refractivity contribution in [1.82, 2.24) is 10.3 Å². The third-order valence-corrected chi connectivity index (χ3v) is 3.16. The van der Waals surface area contributed by atoms with Gasteiger partial charge in [-0.2, -0.15) is 0 Å². The van der Waals surface area contributed by atoms with Crippen LogP contribution in [0.4, 0.5) is 4.79 Å².